The highest BCUT2D eigenvalue weighted by atomic mass is 19.4. The number of rotatable bonds is 2. The summed E-state index contributed by atoms with van der Waals surface area (Å²) in [5.41, 5.74) is -3.70. The molecule has 0 saturated carbocycles. The van der Waals surface area contributed by atoms with Crippen molar-refractivity contribution in [2.24, 2.45) is 0 Å². The van der Waals surface area contributed by atoms with Gasteiger partial charge in [0.05, 0.1) is 6.10 Å². The normalized spacial score (nSPS) is 26.0. The van der Waals surface area contributed by atoms with Gasteiger partial charge in [0.15, 0.2) is 0 Å². The van der Waals surface area contributed by atoms with E-state index in [0.717, 1.165) is 0 Å². The zero-order valence-corrected chi connectivity index (χ0v) is 10.9. The quantitative estimate of drug-likeness (QED) is 0.845. The fourth-order valence-electron chi connectivity index (χ4n) is 2.30. The van der Waals surface area contributed by atoms with Crippen molar-refractivity contribution >= 4 is 0 Å². The molecule has 1 aromatic rings. The van der Waals surface area contributed by atoms with Crippen LogP contribution >= 0.6 is 0 Å². The Kier molecular flexibility index (Phi) is 3.96. The highest BCUT2D eigenvalue weighted by Gasteiger charge is 2.76. The molecule has 0 spiro atoms. The topological polar surface area (TPSA) is 21.3 Å². The van der Waals surface area contributed by atoms with Gasteiger partial charge in [0.1, 0.15) is 0 Å². The van der Waals surface area contributed by atoms with Gasteiger partial charge in [0.2, 0.25) is 0 Å². The molecule has 0 aromatic heterocycles. The van der Waals surface area contributed by atoms with E-state index in [1.165, 1.54) is 6.92 Å². The van der Waals surface area contributed by atoms with Crippen molar-refractivity contribution in [1.82, 2.24) is 5.32 Å². The van der Waals surface area contributed by atoms with Crippen molar-refractivity contribution in [3.8, 4) is 0 Å². The molecule has 1 N–H and O–H groups in total. The second-order valence-corrected chi connectivity index (χ2v) is 4.96. The van der Waals surface area contributed by atoms with Crippen LogP contribution in [0, 0.1) is 0 Å². The molecule has 118 valence electrons. The molecule has 1 heterocycles. The van der Waals surface area contributed by atoms with Gasteiger partial charge < -0.3 is 4.74 Å². The minimum atomic E-state index is -5.59. The van der Waals surface area contributed by atoms with E-state index in [1.54, 1.807) is 35.6 Å². The third kappa shape index (κ3) is 2.87. The number of ether oxygens (including phenoxy) is 1. The minimum Gasteiger partial charge on any atom is -0.340 e. The average molecular weight is 313 g/mol. The van der Waals surface area contributed by atoms with Gasteiger partial charge in [0, 0.05) is 12.5 Å². The number of halogens is 6. The second-order valence-electron chi connectivity index (χ2n) is 4.96. The van der Waals surface area contributed by atoms with E-state index in [4.69, 9.17) is 0 Å². The van der Waals surface area contributed by atoms with Gasteiger partial charge >= 0.3 is 18.1 Å². The average Bonchev–Trinajstić information content (AvgIpc) is 2.68. The third-order valence-electron chi connectivity index (χ3n) is 3.39. The molecule has 1 fully saturated rings. The first-order valence-corrected chi connectivity index (χ1v) is 6.20. The number of hydrogen-bond donors (Lipinski definition) is 1. The fraction of sp³-hybridized carbons (Fsp3) is 0.538. The third-order valence-corrected chi connectivity index (χ3v) is 3.39. The molecule has 2 rings (SSSR count). The first-order chi connectivity index (χ1) is 9.57. The van der Waals surface area contributed by atoms with Gasteiger partial charge in [0.25, 0.3) is 0 Å². The Balaban J connectivity index is 2.26. The van der Waals surface area contributed by atoms with Gasteiger partial charge in [-0.05, 0) is 12.5 Å². The summed E-state index contributed by atoms with van der Waals surface area (Å²) in [7, 11) is 0. The van der Waals surface area contributed by atoms with Gasteiger partial charge in [-0.1, -0.05) is 30.3 Å². The fourth-order valence-corrected chi connectivity index (χ4v) is 2.30. The lowest BCUT2D eigenvalue weighted by Gasteiger charge is -2.33. The highest BCUT2D eigenvalue weighted by Crippen LogP contribution is 2.48. The predicted molar refractivity (Wildman–Crippen MR) is 62.5 cm³/mol. The molecule has 1 aliphatic rings. The van der Waals surface area contributed by atoms with Crippen LogP contribution in [0.4, 0.5) is 26.3 Å². The van der Waals surface area contributed by atoms with E-state index < -0.39 is 30.2 Å². The summed E-state index contributed by atoms with van der Waals surface area (Å²) >= 11 is 0. The summed E-state index contributed by atoms with van der Waals surface area (Å²) in [6.07, 6.45) is -12.4. The smallest absolute Gasteiger partial charge is 0.340 e. The second kappa shape index (κ2) is 5.17. The molecule has 2 nitrogen and oxygen atoms in total. The van der Waals surface area contributed by atoms with Gasteiger partial charge in [-0.15, -0.1) is 0 Å². The number of hydrogen-bond acceptors (Lipinski definition) is 2. The summed E-state index contributed by atoms with van der Waals surface area (Å²) in [5, 5.41) is 1.55. The molecule has 1 saturated heterocycles. The van der Waals surface area contributed by atoms with E-state index in [0.29, 0.717) is 5.56 Å². The van der Waals surface area contributed by atoms with E-state index in [1.807, 2.05) is 0 Å². The van der Waals surface area contributed by atoms with Crippen molar-refractivity contribution in [2.75, 3.05) is 0 Å². The molecule has 21 heavy (non-hydrogen) atoms. The first kappa shape index (κ1) is 16.1. The Hall–Kier alpha value is -1.28. The van der Waals surface area contributed by atoms with Gasteiger partial charge in [-0.25, -0.2) is 0 Å². The number of nitrogens with one attached hydrogen (secondary N) is 1. The molecule has 1 aromatic carbocycles. The molecule has 0 bridgehead atoms. The predicted octanol–water partition coefficient (Wildman–Crippen LogP) is 3.43. The van der Waals surface area contributed by atoms with Gasteiger partial charge in [-0.2, -0.15) is 26.3 Å². The van der Waals surface area contributed by atoms with Gasteiger partial charge in [-0.3, -0.25) is 5.32 Å². The molecule has 2 unspecified atom stereocenters. The van der Waals surface area contributed by atoms with Crippen molar-refractivity contribution < 1.29 is 31.1 Å². The Labute approximate surface area is 117 Å². The van der Waals surface area contributed by atoms with Crippen LogP contribution in [0.1, 0.15) is 12.5 Å². The summed E-state index contributed by atoms with van der Waals surface area (Å²) in [6, 6.07) is 7.17. The molecular weight excluding hydrogens is 300 g/mol. The molecule has 0 radical (unpaired) electrons. The Morgan fingerprint density at radius 1 is 1.05 bits per heavy atom. The summed E-state index contributed by atoms with van der Waals surface area (Å²) in [5.74, 6) is 0. The number of benzene rings is 1. The van der Waals surface area contributed by atoms with E-state index in [2.05, 4.69) is 4.74 Å². The molecule has 1 aliphatic heterocycles. The van der Waals surface area contributed by atoms with Crippen LogP contribution in [0.25, 0.3) is 0 Å². The zero-order valence-electron chi connectivity index (χ0n) is 10.9. The highest BCUT2D eigenvalue weighted by molar-refractivity contribution is 5.17. The maximum absolute atomic E-state index is 12.9. The minimum absolute atomic E-state index is 0.0388. The lowest BCUT2D eigenvalue weighted by molar-refractivity contribution is -0.382. The van der Waals surface area contributed by atoms with Crippen LogP contribution < -0.4 is 5.32 Å². The van der Waals surface area contributed by atoms with Crippen LogP contribution in [-0.2, 0) is 11.2 Å². The van der Waals surface area contributed by atoms with Crippen LogP contribution in [0.5, 0.6) is 0 Å². The largest absolute Gasteiger partial charge is 0.440 e. The van der Waals surface area contributed by atoms with Crippen molar-refractivity contribution in [3.63, 3.8) is 0 Å². The summed E-state index contributed by atoms with van der Waals surface area (Å²) in [4.78, 5) is 0. The molecule has 8 heteroatoms. The SMILES string of the molecule is CC1NC(C(F)(F)F)(C(F)(F)F)OC1Cc1ccccc1. The van der Waals surface area contributed by atoms with E-state index in [-0.39, 0.29) is 6.42 Å². The van der Waals surface area contributed by atoms with Crippen LogP contribution in [-0.4, -0.2) is 30.2 Å². The Morgan fingerprint density at radius 3 is 2.00 bits per heavy atom. The van der Waals surface area contributed by atoms with E-state index >= 15 is 0 Å². The lowest BCUT2D eigenvalue weighted by atomic mass is 10.0. The maximum atomic E-state index is 12.9. The lowest BCUT2D eigenvalue weighted by Crippen LogP contribution is -2.65. The number of alkyl halides is 6. The van der Waals surface area contributed by atoms with Crippen molar-refractivity contribution in [1.29, 1.82) is 0 Å². The zero-order chi connectivity index (χ0) is 15.9. The van der Waals surface area contributed by atoms with Crippen LogP contribution in [0.2, 0.25) is 0 Å². The molecule has 0 aliphatic carbocycles. The van der Waals surface area contributed by atoms with Crippen molar-refractivity contribution in [2.45, 2.75) is 43.6 Å². The molecule has 0 amide bonds. The van der Waals surface area contributed by atoms with Crippen LogP contribution in [0.3, 0.4) is 0 Å². The standard InChI is InChI=1S/C13H13F6NO/c1-8-10(7-9-5-3-2-4-6-9)21-11(20-8,12(14,15)16)13(17,18)19/h2-6,8,10,20H,7H2,1H3. The molecular formula is C13H13F6NO. The Bertz CT molecular complexity index is 470. The summed E-state index contributed by atoms with van der Waals surface area (Å²) < 4.78 is 81.8. The van der Waals surface area contributed by atoms with Crippen molar-refractivity contribution in [3.05, 3.63) is 35.9 Å². The van der Waals surface area contributed by atoms with E-state index in [9.17, 15) is 26.3 Å². The Morgan fingerprint density at radius 2 is 1.57 bits per heavy atom. The van der Waals surface area contributed by atoms with Crippen LogP contribution in [0.15, 0.2) is 30.3 Å². The summed E-state index contributed by atoms with van der Waals surface area (Å²) in [6.45, 7) is 1.24. The first-order valence-electron chi connectivity index (χ1n) is 6.20. The molecule has 2 atom stereocenters. The monoisotopic (exact) mass is 313 g/mol. The maximum Gasteiger partial charge on any atom is 0.440 e.